The molecule has 0 saturated carbocycles. The lowest BCUT2D eigenvalue weighted by Crippen LogP contribution is -1.74. The van der Waals surface area contributed by atoms with Gasteiger partial charge in [0.2, 0.25) is 0 Å². The summed E-state index contributed by atoms with van der Waals surface area (Å²) in [5.41, 5.74) is 2.39. The molecule has 0 spiro atoms. The van der Waals surface area contributed by atoms with Crippen LogP contribution in [0.4, 0.5) is 0 Å². The third-order valence-electron chi connectivity index (χ3n) is 1.06. The van der Waals surface area contributed by atoms with Crippen molar-refractivity contribution in [1.29, 1.82) is 0 Å². The molecule has 44 valence electrons. The SMILES string of the molecule is Cc1ccc(CS)[nH]1. The van der Waals surface area contributed by atoms with Crippen molar-refractivity contribution in [2.75, 3.05) is 0 Å². The molecule has 0 bridgehead atoms. The molecule has 0 atom stereocenters. The van der Waals surface area contributed by atoms with Crippen LogP contribution < -0.4 is 0 Å². The summed E-state index contributed by atoms with van der Waals surface area (Å²) >= 11 is 4.09. The minimum atomic E-state index is 0.799. The van der Waals surface area contributed by atoms with Crippen molar-refractivity contribution < 1.29 is 0 Å². The largest absolute Gasteiger partial charge is 0.362 e. The van der Waals surface area contributed by atoms with Crippen LogP contribution in [0.1, 0.15) is 11.4 Å². The Morgan fingerprint density at radius 3 is 2.62 bits per heavy atom. The second-order valence-corrected chi connectivity index (χ2v) is 2.14. The first kappa shape index (κ1) is 5.76. The van der Waals surface area contributed by atoms with Crippen LogP contribution in [0, 0.1) is 6.92 Å². The van der Waals surface area contributed by atoms with Gasteiger partial charge in [-0.25, -0.2) is 0 Å². The van der Waals surface area contributed by atoms with Gasteiger partial charge in [0.15, 0.2) is 0 Å². The van der Waals surface area contributed by atoms with Gasteiger partial charge in [-0.3, -0.25) is 0 Å². The highest BCUT2D eigenvalue weighted by molar-refractivity contribution is 7.79. The van der Waals surface area contributed by atoms with E-state index in [0.717, 1.165) is 5.75 Å². The maximum absolute atomic E-state index is 4.09. The molecule has 2 heteroatoms. The molecule has 8 heavy (non-hydrogen) atoms. The number of aromatic amines is 1. The Hall–Kier alpha value is -0.370. The van der Waals surface area contributed by atoms with Gasteiger partial charge < -0.3 is 4.98 Å². The zero-order valence-electron chi connectivity index (χ0n) is 4.81. The Morgan fingerprint density at radius 1 is 1.62 bits per heavy atom. The summed E-state index contributed by atoms with van der Waals surface area (Å²) in [4.78, 5) is 3.15. The van der Waals surface area contributed by atoms with Gasteiger partial charge in [0, 0.05) is 17.1 Å². The van der Waals surface area contributed by atoms with E-state index in [1.54, 1.807) is 0 Å². The van der Waals surface area contributed by atoms with Gasteiger partial charge in [0.25, 0.3) is 0 Å². The van der Waals surface area contributed by atoms with Gasteiger partial charge >= 0.3 is 0 Å². The fourth-order valence-corrected chi connectivity index (χ4v) is 0.839. The molecule has 1 nitrogen and oxygen atoms in total. The number of thiol groups is 1. The molecular formula is C6H9NS. The zero-order chi connectivity index (χ0) is 5.98. The molecule has 0 aliphatic rings. The minimum absolute atomic E-state index is 0.799. The highest BCUT2D eigenvalue weighted by Gasteiger charge is 1.88. The number of aromatic nitrogens is 1. The van der Waals surface area contributed by atoms with Crippen molar-refractivity contribution in [3.8, 4) is 0 Å². The molecule has 0 aromatic carbocycles. The van der Waals surface area contributed by atoms with E-state index in [-0.39, 0.29) is 0 Å². The number of hydrogen-bond acceptors (Lipinski definition) is 1. The molecule has 0 amide bonds. The first-order chi connectivity index (χ1) is 3.83. The monoisotopic (exact) mass is 127 g/mol. The van der Waals surface area contributed by atoms with E-state index < -0.39 is 0 Å². The normalized spacial score (nSPS) is 9.75. The summed E-state index contributed by atoms with van der Waals surface area (Å²) in [7, 11) is 0. The molecule has 1 aromatic rings. The van der Waals surface area contributed by atoms with Gasteiger partial charge in [-0.2, -0.15) is 12.6 Å². The fourth-order valence-electron chi connectivity index (χ4n) is 0.654. The lowest BCUT2D eigenvalue weighted by Gasteiger charge is -1.84. The Morgan fingerprint density at radius 2 is 2.38 bits per heavy atom. The summed E-state index contributed by atoms with van der Waals surface area (Å²) in [6, 6.07) is 4.09. The summed E-state index contributed by atoms with van der Waals surface area (Å²) in [6.07, 6.45) is 0. The van der Waals surface area contributed by atoms with Crippen LogP contribution in [0.3, 0.4) is 0 Å². The van der Waals surface area contributed by atoms with Crippen LogP contribution in [0.15, 0.2) is 12.1 Å². The Labute approximate surface area is 54.5 Å². The molecule has 0 saturated heterocycles. The standard InChI is InChI=1S/C6H9NS/c1-5-2-3-6(4-8)7-5/h2-3,7-8H,4H2,1H3. The summed E-state index contributed by atoms with van der Waals surface area (Å²) in [5.74, 6) is 0.799. The Kier molecular flexibility index (Phi) is 1.63. The van der Waals surface area contributed by atoms with Crippen molar-refractivity contribution in [3.05, 3.63) is 23.5 Å². The number of rotatable bonds is 1. The zero-order valence-corrected chi connectivity index (χ0v) is 5.70. The quantitative estimate of drug-likeness (QED) is 0.535. The average molecular weight is 127 g/mol. The third-order valence-corrected chi connectivity index (χ3v) is 1.40. The Bertz CT molecular complexity index is 169. The number of H-pyrrole nitrogens is 1. The van der Waals surface area contributed by atoms with Gasteiger partial charge in [-0.1, -0.05) is 0 Å². The molecule has 0 radical (unpaired) electrons. The van der Waals surface area contributed by atoms with Gasteiger partial charge in [0.1, 0.15) is 0 Å². The molecule has 0 unspecified atom stereocenters. The van der Waals surface area contributed by atoms with Crippen LogP contribution in [0.2, 0.25) is 0 Å². The summed E-state index contributed by atoms with van der Waals surface area (Å²) < 4.78 is 0. The van der Waals surface area contributed by atoms with E-state index in [1.807, 2.05) is 19.1 Å². The van der Waals surface area contributed by atoms with Crippen LogP contribution in [-0.2, 0) is 5.75 Å². The highest BCUT2D eigenvalue weighted by atomic mass is 32.1. The van der Waals surface area contributed by atoms with Gasteiger partial charge in [0.05, 0.1) is 0 Å². The summed E-state index contributed by atoms with van der Waals surface area (Å²) in [5, 5.41) is 0. The van der Waals surface area contributed by atoms with Crippen LogP contribution >= 0.6 is 12.6 Å². The van der Waals surface area contributed by atoms with Crippen LogP contribution in [-0.4, -0.2) is 4.98 Å². The minimum Gasteiger partial charge on any atom is -0.362 e. The van der Waals surface area contributed by atoms with Crippen molar-refractivity contribution >= 4 is 12.6 Å². The van der Waals surface area contributed by atoms with Crippen LogP contribution in [0.5, 0.6) is 0 Å². The predicted molar refractivity (Wildman–Crippen MR) is 38.2 cm³/mol. The Balaban J connectivity index is 2.84. The second kappa shape index (κ2) is 2.27. The number of hydrogen-bond donors (Lipinski definition) is 2. The van der Waals surface area contributed by atoms with E-state index in [4.69, 9.17) is 0 Å². The van der Waals surface area contributed by atoms with E-state index in [9.17, 15) is 0 Å². The van der Waals surface area contributed by atoms with Crippen molar-refractivity contribution in [1.82, 2.24) is 4.98 Å². The highest BCUT2D eigenvalue weighted by Crippen LogP contribution is 2.01. The van der Waals surface area contributed by atoms with Crippen molar-refractivity contribution in [3.63, 3.8) is 0 Å². The number of aryl methyl sites for hydroxylation is 1. The van der Waals surface area contributed by atoms with E-state index >= 15 is 0 Å². The average Bonchev–Trinajstić information content (AvgIpc) is 2.14. The molecule has 0 aliphatic carbocycles. The molecule has 0 fully saturated rings. The maximum atomic E-state index is 4.09. The lowest BCUT2D eigenvalue weighted by molar-refractivity contribution is 1.17. The van der Waals surface area contributed by atoms with Crippen molar-refractivity contribution in [2.45, 2.75) is 12.7 Å². The van der Waals surface area contributed by atoms with E-state index in [1.165, 1.54) is 11.4 Å². The molecule has 1 heterocycles. The first-order valence-corrected chi connectivity index (χ1v) is 3.21. The second-order valence-electron chi connectivity index (χ2n) is 1.82. The predicted octanol–water partition coefficient (Wildman–Crippen LogP) is 1.75. The van der Waals surface area contributed by atoms with Gasteiger partial charge in [-0.05, 0) is 19.1 Å². The van der Waals surface area contributed by atoms with E-state index in [0.29, 0.717) is 0 Å². The molecule has 1 rings (SSSR count). The molecule has 1 N–H and O–H groups in total. The maximum Gasteiger partial charge on any atom is 0.0305 e. The molecule has 1 aromatic heterocycles. The first-order valence-electron chi connectivity index (χ1n) is 2.58. The lowest BCUT2D eigenvalue weighted by atomic mass is 10.5. The smallest absolute Gasteiger partial charge is 0.0305 e. The van der Waals surface area contributed by atoms with Gasteiger partial charge in [-0.15, -0.1) is 0 Å². The topological polar surface area (TPSA) is 15.8 Å². The third kappa shape index (κ3) is 1.07. The molecule has 0 aliphatic heterocycles. The van der Waals surface area contributed by atoms with Crippen molar-refractivity contribution in [2.24, 2.45) is 0 Å². The van der Waals surface area contributed by atoms with Crippen LogP contribution in [0.25, 0.3) is 0 Å². The molecular weight excluding hydrogens is 118 g/mol. The fraction of sp³-hybridized carbons (Fsp3) is 0.333. The number of nitrogens with one attached hydrogen (secondary N) is 1. The summed E-state index contributed by atoms with van der Waals surface area (Å²) in [6.45, 7) is 2.03. The van der Waals surface area contributed by atoms with E-state index in [2.05, 4.69) is 17.6 Å².